The minimum atomic E-state index is 0.0141. The van der Waals surface area contributed by atoms with E-state index in [9.17, 15) is 4.79 Å². The molecule has 0 spiro atoms. The number of ketones is 1. The molecule has 0 atom stereocenters. The second-order valence-corrected chi connectivity index (χ2v) is 4.25. The van der Waals surface area contributed by atoms with Crippen LogP contribution >= 0.6 is 0 Å². The Morgan fingerprint density at radius 1 is 1.56 bits per heavy atom. The van der Waals surface area contributed by atoms with Gasteiger partial charge >= 0.3 is 0 Å². The minimum Gasteiger partial charge on any atom is -0.374 e. The number of nitrogens with zero attached hydrogens (tertiary/aromatic N) is 2. The summed E-state index contributed by atoms with van der Waals surface area (Å²) in [5.41, 5.74) is 2.05. The first-order chi connectivity index (χ1) is 8.60. The summed E-state index contributed by atoms with van der Waals surface area (Å²) in [5, 5.41) is 9.09. The predicted octanol–water partition coefficient (Wildman–Crippen LogP) is 3.16. The number of benzene rings is 1. The number of carbonyl (C=O) groups excluding carboxylic acids is 1. The maximum Gasteiger partial charge on any atom is 0.159 e. The van der Waals surface area contributed by atoms with E-state index in [0.717, 1.165) is 25.1 Å². The fourth-order valence-electron chi connectivity index (χ4n) is 1.75. The largest absolute Gasteiger partial charge is 0.374 e. The standard InChI is InChI=1S/C15H18N2O/c1-4-5-6-9-17(3)15-10-13(12(2)18)7-8-14(15)11-16/h4,7-8,10H,1,5-6,9H2,2-3H3. The summed E-state index contributed by atoms with van der Waals surface area (Å²) in [6.45, 7) is 6.05. The summed E-state index contributed by atoms with van der Waals surface area (Å²) in [4.78, 5) is 13.4. The Morgan fingerprint density at radius 3 is 2.83 bits per heavy atom. The van der Waals surface area contributed by atoms with Gasteiger partial charge in [-0.25, -0.2) is 0 Å². The third-order valence-corrected chi connectivity index (χ3v) is 2.84. The molecule has 94 valence electrons. The molecule has 0 unspecified atom stereocenters. The zero-order valence-electron chi connectivity index (χ0n) is 10.9. The van der Waals surface area contributed by atoms with Crippen molar-refractivity contribution in [2.75, 3.05) is 18.5 Å². The van der Waals surface area contributed by atoms with Gasteiger partial charge in [0.2, 0.25) is 0 Å². The Kier molecular flexibility index (Phi) is 5.13. The summed E-state index contributed by atoms with van der Waals surface area (Å²) in [7, 11) is 1.93. The summed E-state index contributed by atoms with van der Waals surface area (Å²) in [6.07, 6.45) is 3.80. The van der Waals surface area contributed by atoms with E-state index in [-0.39, 0.29) is 5.78 Å². The fraction of sp³-hybridized carbons (Fsp3) is 0.333. The van der Waals surface area contributed by atoms with Crippen LogP contribution in [0.5, 0.6) is 0 Å². The highest BCUT2D eigenvalue weighted by Gasteiger charge is 2.10. The van der Waals surface area contributed by atoms with Crippen molar-refractivity contribution in [3.05, 3.63) is 42.0 Å². The van der Waals surface area contributed by atoms with Gasteiger partial charge in [0.15, 0.2) is 5.78 Å². The lowest BCUT2D eigenvalue weighted by Crippen LogP contribution is -2.19. The number of unbranched alkanes of at least 4 members (excludes halogenated alkanes) is 1. The van der Waals surface area contributed by atoms with Crippen molar-refractivity contribution in [2.45, 2.75) is 19.8 Å². The normalized spacial score (nSPS) is 9.61. The second kappa shape index (κ2) is 6.61. The molecule has 3 nitrogen and oxygen atoms in total. The molecule has 1 aromatic carbocycles. The number of anilines is 1. The molecule has 0 saturated heterocycles. The van der Waals surface area contributed by atoms with Crippen molar-refractivity contribution in [2.24, 2.45) is 0 Å². The Balaban J connectivity index is 2.97. The first kappa shape index (κ1) is 14.0. The van der Waals surface area contributed by atoms with Crippen molar-refractivity contribution in [3.63, 3.8) is 0 Å². The summed E-state index contributed by atoms with van der Waals surface area (Å²) in [6, 6.07) is 7.35. The van der Waals surface area contributed by atoms with Gasteiger partial charge in [-0.2, -0.15) is 5.26 Å². The molecule has 0 fully saturated rings. The molecule has 0 radical (unpaired) electrons. The molecule has 18 heavy (non-hydrogen) atoms. The van der Waals surface area contributed by atoms with Crippen LogP contribution in [-0.2, 0) is 0 Å². The van der Waals surface area contributed by atoms with Gasteiger partial charge < -0.3 is 4.90 Å². The quantitative estimate of drug-likeness (QED) is 0.437. The fourth-order valence-corrected chi connectivity index (χ4v) is 1.75. The van der Waals surface area contributed by atoms with Crippen LogP contribution in [0, 0.1) is 11.3 Å². The average molecular weight is 242 g/mol. The van der Waals surface area contributed by atoms with Crippen LogP contribution in [0.1, 0.15) is 35.7 Å². The van der Waals surface area contributed by atoms with Crippen LogP contribution in [0.2, 0.25) is 0 Å². The van der Waals surface area contributed by atoms with Crippen LogP contribution in [0.4, 0.5) is 5.69 Å². The van der Waals surface area contributed by atoms with Gasteiger partial charge in [-0.1, -0.05) is 6.08 Å². The first-order valence-electron chi connectivity index (χ1n) is 5.97. The minimum absolute atomic E-state index is 0.0141. The van der Waals surface area contributed by atoms with Crippen LogP contribution in [0.15, 0.2) is 30.9 Å². The maximum atomic E-state index is 11.4. The summed E-state index contributed by atoms with van der Waals surface area (Å²) in [5.74, 6) is 0.0141. The smallest absolute Gasteiger partial charge is 0.159 e. The average Bonchev–Trinajstić information content (AvgIpc) is 2.38. The third-order valence-electron chi connectivity index (χ3n) is 2.84. The van der Waals surface area contributed by atoms with Crippen molar-refractivity contribution >= 4 is 11.5 Å². The molecule has 1 aromatic rings. The molecule has 0 aliphatic carbocycles. The van der Waals surface area contributed by atoms with Crippen molar-refractivity contribution < 1.29 is 4.79 Å². The maximum absolute atomic E-state index is 11.4. The van der Waals surface area contributed by atoms with Crippen LogP contribution < -0.4 is 4.90 Å². The molecule has 0 aliphatic heterocycles. The second-order valence-electron chi connectivity index (χ2n) is 4.25. The third kappa shape index (κ3) is 3.46. The number of Topliss-reactive ketones (excluding diaryl/α,β-unsaturated/α-hetero) is 1. The number of hydrogen-bond donors (Lipinski definition) is 0. The Labute approximate surface area is 108 Å². The molecule has 1 rings (SSSR count). The molecule has 0 aliphatic rings. The highest BCUT2D eigenvalue weighted by atomic mass is 16.1. The lowest BCUT2D eigenvalue weighted by molar-refractivity contribution is 0.101. The number of rotatable bonds is 6. The molecular weight excluding hydrogens is 224 g/mol. The first-order valence-corrected chi connectivity index (χ1v) is 5.97. The van der Waals surface area contributed by atoms with Crippen LogP contribution in [0.25, 0.3) is 0 Å². The van der Waals surface area contributed by atoms with Crippen molar-refractivity contribution in [3.8, 4) is 6.07 Å². The van der Waals surface area contributed by atoms with E-state index in [4.69, 9.17) is 5.26 Å². The highest BCUT2D eigenvalue weighted by Crippen LogP contribution is 2.21. The number of nitriles is 1. The van der Waals surface area contributed by atoms with E-state index in [1.807, 2.05) is 18.0 Å². The highest BCUT2D eigenvalue weighted by molar-refractivity contribution is 5.95. The van der Waals surface area contributed by atoms with E-state index >= 15 is 0 Å². The van der Waals surface area contributed by atoms with Gasteiger partial charge in [-0.3, -0.25) is 4.79 Å². The molecule has 0 aromatic heterocycles. The van der Waals surface area contributed by atoms with E-state index in [1.165, 1.54) is 6.92 Å². The van der Waals surface area contributed by atoms with E-state index in [0.29, 0.717) is 11.1 Å². The van der Waals surface area contributed by atoms with Gasteiger partial charge in [0.1, 0.15) is 6.07 Å². The monoisotopic (exact) mass is 242 g/mol. The van der Waals surface area contributed by atoms with Gasteiger partial charge in [-0.15, -0.1) is 6.58 Å². The molecule has 3 heteroatoms. The number of allylic oxidation sites excluding steroid dienone is 1. The van der Waals surface area contributed by atoms with E-state index in [1.54, 1.807) is 18.2 Å². The molecule has 0 heterocycles. The van der Waals surface area contributed by atoms with Crippen molar-refractivity contribution in [1.82, 2.24) is 0 Å². The number of hydrogen-bond acceptors (Lipinski definition) is 3. The molecule has 0 N–H and O–H groups in total. The SMILES string of the molecule is C=CCCCN(C)c1cc(C(C)=O)ccc1C#N. The zero-order chi connectivity index (χ0) is 13.5. The molecule has 0 saturated carbocycles. The van der Waals surface area contributed by atoms with Gasteiger partial charge in [0.05, 0.1) is 11.3 Å². The van der Waals surface area contributed by atoms with Gasteiger partial charge in [0.25, 0.3) is 0 Å². The Hall–Kier alpha value is -2.08. The van der Waals surface area contributed by atoms with Crippen molar-refractivity contribution in [1.29, 1.82) is 5.26 Å². The molecule has 0 bridgehead atoms. The van der Waals surface area contributed by atoms with Crippen LogP contribution in [-0.4, -0.2) is 19.4 Å². The lowest BCUT2D eigenvalue weighted by Gasteiger charge is -2.20. The van der Waals surface area contributed by atoms with Gasteiger partial charge in [0, 0.05) is 19.2 Å². The molecular formula is C15H18N2O. The van der Waals surface area contributed by atoms with Crippen LogP contribution in [0.3, 0.4) is 0 Å². The Bertz CT molecular complexity index is 486. The molecule has 0 amide bonds. The zero-order valence-corrected chi connectivity index (χ0v) is 10.9. The number of carbonyl (C=O) groups is 1. The van der Waals surface area contributed by atoms with Gasteiger partial charge in [-0.05, 0) is 38.0 Å². The van der Waals surface area contributed by atoms with E-state index in [2.05, 4.69) is 12.6 Å². The lowest BCUT2D eigenvalue weighted by atomic mass is 10.1. The topological polar surface area (TPSA) is 44.1 Å². The summed E-state index contributed by atoms with van der Waals surface area (Å²) < 4.78 is 0. The Morgan fingerprint density at radius 2 is 2.28 bits per heavy atom. The van der Waals surface area contributed by atoms with E-state index < -0.39 is 0 Å². The predicted molar refractivity (Wildman–Crippen MR) is 73.9 cm³/mol. The summed E-state index contributed by atoms with van der Waals surface area (Å²) >= 11 is 0.